The molecule has 0 aliphatic heterocycles. The van der Waals surface area contributed by atoms with Crippen LogP contribution in [0, 0.1) is 0 Å². The number of carbonyl (C=O) groups is 1. The van der Waals surface area contributed by atoms with Gasteiger partial charge in [0.15, 0.2) is 11.5 Å². The lowest BCUT2D eigenvalue weighted by atomic mass is 10.1. The fourth-order valence-electron chi connectivity index (χ4n) is 2.37. The highest BCUT2D eigenvalue weighted by Crippen LogP contribution is 2.24. The summed E-state index contributed by atoms with van der Waals surface area (Å²) in [6.07, 6.45) is 2.56. The summed E-state index contributed by atoms with van der Waals surface area (Å²) >= 11 is 0. The number of aromatic nitrogens is 2. The lowest BCUT2D eigenvalue weighted by Crippen LogP contribution is -2.06. The summed E-state index contributed by atoms with van der Waals surface area (Å²) in [6.45, 7) is 2.06. The standard InChI is InChI=1S/C16H15N3O2/c1-2-11-7-3-4-8-12(11)17-15-14(16(20)21)19-10-6-5-9-13(19)18-15/h3-10,17H,2H2,1H3,(H,20,21). The first-order chi connectivity index (χ1) is 10.2. The molecule has 0 aliphatic carbocycles. The molecular formula is C16H15N3O2. The minimum absolute atomic E-state index is 0.136. The molecule has 0 atom stereocenters. The van der Waals surface area contributed by atoms with Crippen LogP contribution in [-0.2, 0) is 6.42 Å². The quantitative estimate of drug-likeness (QED) is 0.769. The topological polar surface area (TPSA) is 66.6 Å². The van der Waals surface area contributed by atoms with Crippen molar-refractivity contribution in [1.29, 1.82) is 0 Å². The fraction of sp³-hybridized carbons (Fsp3) is 0.125. The molecule has 21 heavy (non-hydrogen) atoms. The Morgan fingerprint density at radius 1 is 1.24 bits per heavy atom. The van der Waals surface area contributed by atoms with E-state index in [1.807, 2.05) is 30.3 Å². The Morgan fingerprint density at radius 3 is 2.76 bits per heavy atom. The lowest BCUT2D eigenvalue weighted by Gasteiger charge is -2.09. The number of rotatable bonds is 4. The Bertz CT molecular complexity index is 808. The van der Waals surface area contributed by atoms with Crippen LogP contribution >= 0.6 is 0 Å². The number of imidazole rings is 1. The van der Waals surface area contributed by atoms with Crippen LogP contribution in [0.2, 0.25) is 0 Å². The van der Waals surface area contributed by atoms with Gasteiger partial charge in [-0.25, -0.2) is 9.78 Å². The summed E-state index contributed by atoms with van der Waals surface area (Å²) in [7, 11) is 0. The van der Waals surface area contributed by atoms with Crippen LogP contribution in [0.4, 0.5) is 11.5 Å². The van der Waals surface area contributed by atoms with Crippen molar-refractivity contribution in [2.75, 3.05) is 5.32 Å². The largest absolute Gasteiger partial charge is 0.476 e. The number of hydrogen-bond acceptors (Lipinski definition) is 3. The van der Waals surface area contributed by atoms with E-state index in [2.05, 4.69) is 17.2 Å². The van der Waals surface area contributed by atoms with Crippen LogP contribution in [0.1, 0.15) is 23.0 Å². The van der Waals surface area contributed by atoms with Gasteiger partial charge in [0.1, 0.15) is 5.65 Å². The summed E-state index contributed by atoms with van der Waals surface area (Å²) < 4.78 is 1.57. The Hall–Kier alpha value is -2.82. The van der Waals surface area contributed by atoms with E-state index in [9.17, 15) is 9.90 Å². The number of nitrogens with zero attached hydrogens (tertiary/aromatic N) is 2. The average Bonchev–Trinajstić information content (AvgIpc) is 2.85. The molecule has 0 aliphatic rings. The third kappa shape index (κ3) is 2.33. The molecule has 5 nitrogen and oxygen atoms in total. The number of fused-ring (bicyclic) bond motifs is 1. The zero-order valence-electron chi connectivity index (χ0n) is 11.6. The van der Waals surface area contributed by atoms with Gasteiger partial charge in [0.2, 0.25) is 0 Å². The third-order valence-electron chi connectivity index (χ3n) is 3.38. The first-order valence-electron chi connectivity index (χ1n) is 6.76. The normalized spacial score (nSPS) is 10.7. The van der Waals surface area contributed by atoms with Gasteiger partial charge in [0.25, 0.3) is 0 Å². The number of aryl methyl sites for hydroxylation is 1. The van der Waals surface area contributed by atoms with Crippen molar-refractivity contribution in [2.45, 2.75) is 13.3 Å². The number of aromatic carboxylic acids is 1. The predicted molar refractivity (Wildman–Crippen MR) is 81.3 cm³/mol. The smallest absolute Gasteiger partial charge is 0.356 e. The van der Waals surface area contributed by atoms with Crippen molar-refractivity contribution in [3.05, 3.63) is 59.9 Å². The van der Waals surface area contributed by atoms with Gasteiger partial charge in [-0.3, -0.25) is 4.40 Å². The van der Waals surface area contributed by atoms with E-state index in [1.54, 1.807) is 22.7 Å². The van der Waals surface area contributed by atoms with Gasteiger partial charge < -0.3 is 10.4 Å². The highest BCUT2D eigenvalue weighted by atomic mass is 16.4. The summed E-state index contributed by atoms with van der Waals surface area (Å²) in [5, 5.41) is 12.6. The first-order valence-corrected chi connectivity index (χ1v) is 6.76. The van der Waals surface area contributed by atoms with Crippen molar-refractivity contribution >= 4 is 23.1 Å². The van der Waals surface area contributed by atoms with Gasteiger partial charge in [-0.1, -0.05) is 31.2 Å². The number of benzene rings is 1. The third-order valence-corrected chi connectivity index (χ3v) is 3.38. The number of carboxylic acids is 1. The van der Waals surface area contributed by atoms with Gasteiger partial charge in [-0.15, -0.1) is 0 Å². The molecule has 3 rings (SSSR count). The molecule has 106 valence electrons. The van der Waals surface area contributed by atoms with Crippen LogP contribution in [0.15, 0.2) is 48.7 Å². The van der Waals surface area contributed by atoms with Crippen LogP contribution in [-0.4, -0.2) is 20.5 Å². The minimum Gasteiger partial charge on any atom is -0.476 e. The summed E-state index contributed by atoms with van der Waals surface area (Å²) in [5.41, 5.74) is 2.74. The summed E-state index contributed by atoms with van der Waals surface area (Å²) in [6, 6.07) is 13.2. The molecule has 2 heterocycles. The Kier molecular flexibility index (Phi) is 3.31. The van der Waals surface area contributed by atoms with E-state index in [-0.39, 0.29) is 5.69 Å². The van der Waals surface area contributed by atoms with Crippen LogP contribution < -0.4 is 5.32 Å². The summed E-state index contributed by atoms with van der Waals surface area (Å²) in [5.74, 6) is -0.653. The van der Waals surface area contributed by atoms with Gasteiger partial charge in [-0.2, -0.15) is 0 Å². The molecule has 2 N–H and O–H groups in total. The van der Waals surface area contributed by atoms with Crippen molar-refractivity contribution < 1.29 is 9.90 Å². The molecular weight excluding hydrogens is 266 g/mol. The Labute approximate surface area is 121 Å². The molecule has 0 unspecified atom stereocenters. The van der Waals surface area contributed by atoms with Gasteiger partial charge in [0.05, 0.1) is 0 Å². The number of pyridine rings is 1. The SMILES string of the molecule is CCc1ccccc1Nc1nc2ccccn2c1C(=O)O. The van der Waals surface area contributed by atoms with E-state index in [1.165, 1.54) is 0 Å². The second kappa shape index (κ2) is 5.28. The molecule has 0 fully saturated rings. The van der Waals surface area contributed by atoms with Crippen molar-refractivity contribution in [1.82, 2.24) is 9.38 Å². The van der Waals surface area contributed by atoms with Crippen molar-refractivity contribution in [3.8, 4) is 0 Å². The number of nitrogens with one attached hydrogen (secondary N) is 1. The molecule has 0 saturated carbocycles. The highest BCUT2D eigenvalue weighted by molar-refractivity contribution is 5.94. The van der Waals surface area contributed by atoms with Crippen molar-refractivity contribution in [3.63, 3.8) is 0 Å². The van der Waals surface area contributed by atoms with E-state index >= 15 is 0 Å². The number of para-hydroxylation sites is 1. The molecule has 0 bridgehead atoms. The van der Waals surface area contributed by atoms with E-state index < -0.39 is 5.97 Å². The average molecular weight is 281 g/mol. The van der Waals surface area contributed by atoms with E-state index in [4.69, 9.17) is 0 Å². The molecule has 1 aromatic carbocycles. The maximum atomic E-state index is 11.5. The summed E-state index contributed by atoms with van der Waals surface area (Å²) in [4.78, 5) is 15.9. The van der Waals surface area contributed by atoms with E-state index in [0.29, 0.717) is 11.5 Å². The van der Waals surface area contributed by atoms with Gasteiger partial charge in [0, 0.05) is 11.9 Å². The number of carboxylic acid groups (broad SMARTS) is 1. The molecule has 3 aromatic rings. The molecule has 0 amide bonds. The molecule has 5 heteroatoms. The monoisotopic (exact) mass is 281 g/mol. The van der Waals surface area contributed by atoms with E-state index in [0.717, 1.165) is 17.7 Å². The first kappa shape index (κ1) is 13.2. The second-order valence-corrected chi connectivity index (χ2v) is 4.68. The minimum atomic E-state index is -1.01. The maximum absolute atomic E-state index is 11.5. The fourth-order valence-corrected chi connectivity index (χ4v) is 2.37. The maximum Gasteiger partial charge on any atom is 0.356 e. The molecule has 2 aromatic heterocycles. The van der Waals surface area contributed by atoms with Crippen LogP contribution in [0.3, 0.4) is 0 Å². The molecule has 0 spiro atoms. The zero-order valence-corrected chi connectivity index (χ0v) is 11.6. The number of anilines is 2. The van der Waals surface area contributed by atoms with Crippen LogP contribution in [0.5, 0.6) is 0 Å². The molecule has 0 radical (unpaired) electrons. The van der Waals surface area contributed by atoms with Gasteiger partial charge in [-0.05, 0) is 30.2 Å². The Balaban J connectivity index is 2.12. The van der Waals surface area contributed by atoms with Crippen molar-refractivity contribution in [2.24, 2.45) is 0 Å². The Morgan fingerprint density at radius 2 is 2.00 bits per heavy atom. The highest BCUT2D eigenvalue weighted by Gasteiger charge is 2.18. The zero-order chi connectivity index (χ0) is 14.8. The lowest BCUT2D eigenvalue weighted by molar-refractivity contribution is 0.0690. The number of hydrogen-bond donors (Lipinski definition) is 2. The predicted octanol–water partition coefficient (Wildman–Crippen LogP) is 3.34. The van der Waals surface area contributed by atoms with Crippen LogP contribution in [0.25, 0.3) is 5.65 Å². The molecule has 0 saturated heterocycles. The van der Waals surface area contributed by atoms with Gasteiger partial charge >= 0.3 is 5.97 Å². The second-order valence-electron chi connectivity index (χ2n) is 4.68.